The van der Waals surface area contributed by atoms with Gasteiger partial charge in [0, 0.05) is 13.2 Å². The molecule has 0 unspecified atom stereocenters. The van der Waals surface area contributed by atoms with Crippen molar-refractivity contribution in [2.24, 2.45) is 11.1 Å². The van der Waals surface area contributed by atoms with Crippen LogP contribution < -0.4 is 5.73 Å². The van der Waals surface area contributed by atoms with E-state index in [0.717, 1.165) is 13.0 Å². The summed E-state index contributed by atoms with van der Waals surface area (Å²) < 4.78 is 5.65. The molecule has 80 valence electrons. The average Bonchev–Trinajstić information content (AvgIpc) is 1.97. The molecule has 0 aromatic rings. The molecule has 0 aromatic heterocycles. The molecule has 0 heterocycles. The SMILES string of the molecule is CC(C)(C)CCCOC(C)(C)CN. The maximum absolute atomic E-state index is 5.65. The molecule has 0 aliphatic carbocycles. The lowest BCUT2D eigenvalue weighted by Gasteiger charge is -2.24. The third-order valence-corrected chi connectivity index (χ3v) is 2.06. The number of hydrogen-bond donors (Lipinski definition) is 1. The van der Waals surface area contributed by atoms with Crippen LogP contribution in [-0.4, -0.2) is 18.8 Å². The molecule has 0 amide bonds. The van der Waals surface area contributed by atoms with Crippen molar-refractivity contribution in [3.8, 4) is 0 Å². The largest absolute Gasteiger partial charge is 0.374 e. The summed E-state index contributed by atoms with van der Waals surface area (Å²) in [6, 6.07) is 0. The highest BCUT2D eigenvalue weighted by Gasteiger charge is 2.16. The number of nitrogens with two attached hydrogens (primary N) is 1. The molecule has 0 rings (SSSR count). The van der Waals surface area contributed by atoms with Gasteiger partial charge in [-0.05, 0) is 32.1 Å². The van der Waals surface area contributed by atoms with Crippen molar-refractivity contribution in [2.75, 3.05) is 13.2 Å². The van der Waals surface area contributed by atoms with Gasteiger partial charge in [-0.1, -0.05) is 20.8 Å². The molecule has 0 bridgehead atoms. The Morgan fingerprint density at radius 3 is 2.00 bits per heavy atom. The maximum atomic E-state index is 5.65. The van der Waals surface area contributed by atoms with Gasteiger partial charge in [0.2, 0.25) is 0 Å². The van der Waals surface area contributed by atoms with E-state index in [2.05, 4.69) is 20.8 Å². The summed E-state index contributed by atoms with van der Waals surface area (Å²) in [6.45, 7) is 12.2. The van der Waals surface area contributed by atoms with Crippen LogP contribution in [0, 0.1) is 5.41 Å². The van der Waals surface area contributed by atoms with Crippen molar-refractivity contribution in [1.82, 2.24) is 0 Å². The predicted molar refractivity (Wildman–Crippen MR) is 57.8 cm³/mol. The van der Waals surface area contributed by atoms with Gasteiger partial charge in [-0.3, -0.25) is 0 Å². The van der Waals surface area contributed by atoms with Crippen LogP contribution in [0.1, 0.15) is 47.5 Å². The predicted octanol–water partition coefficient (Wildman–Crippen LogP) is 2.57. The lowest BCUT2D eigenvalue weighted by atomic mass is 9.91. The highest BCUT2D eigenvalue weighted by Crippen LogP contribution is 2.21. The molecule has 2 heteroatoms. The maximum Gasteiger partial charge on any atom is 0.0748 e. The Labute approximate surface area is 82.8 Å². The molecule has 2 N–H and O–H groups in total. The molecule has 0 atom stereocenters. The first-order chi connectivity index (χ1) is 5.77. The van der Waals surface area contributed by atoms with Gasteiger partial charge < -0.3 is 10.5 Å². The van der Waals surface area contributed by atoms with Crippen molar-refractivity contribution in [2.45, 2.75) is 53.1 Å². The smallest absolute Gasteiger partial charge is 0.0748 e. The van der Waals surface area contributed by atoms with Crippen molar-refractivity contribution in [3.05, 3.63) is 0 Å². The van der Waals surface area contributed by atoms with Crippen LogP contribution in [0.5, 0.6) is 0 Å². The zero-order valence-electron chi connectivity index (χ0n) is 9.81. The molecule has 2 nitrogen and oxygen atoms in total. The van der Waals surface area contributed by atoms with Crippen molar-refractivity contribution in [3.63, 3.8) is 0 Å². The van der Waals surface area contributed by atoms with Crippen LogP contribution >= 0.6 is 0 Å². The summed E-state index contributed by atoms with van der Waals surface area (Å²) in [5.74, 6) is 0. The van der Waals surface area contributed by atoms with Gasteiger partial charge in [0.25, 0.3) is 0 Å². The first kappa shape index (κ1) is 12.9. The number of ether oxygens (including phenoxy) is 1. The summed E-state index contributed by atoms with van der Waals surface area (Å²) >= 11 is 0. The van der Waals surface area contributed by atoms with Gasteiger partial charge >= 0.3 is 0 Å². The second-order valence-corrected chi connectivity index (χ2v) is 5.48. The van der Waals surface area contributed by atoms with E-state index in [4.69, 9.17) is 10.5 Å². The van der Waals surface area contributed by atoms with E-state index < -0.39 is 0 Å². The van der Waals surface area contributed by atoms with Crippen LogP contribution in [0.3, 0.4) is 0 Å². The Hall–Kier alpha value is -0.0800. The minimum atomic E-state index is -0.155. The van der Waals surface area contributed by atoms with E-state index in [-0.39, 0.29) is 5.60 Å². The number of rotatable bonds is 5. The summed E-state index contributed by atoms with van der Waals surface area (Å²) in [6.07, 6.45) is 2.32. The Kier molecular flexibility index (Phi) is 4.93. The molecule has 13 heavy (non-hydrogen) atoms. The fourth-order valence-electron chi connectivity index (χ4n) is 1.01. The van der Waals surface area contributed by atoms with Crippen LogP contribution in [-0.2, 0) is 4.74 Å². The van der Waals surface area contributed by atoms with Crippen molar-refractivity contribution >= 4 is 0 Å². The first-order valence-electron chi connectivity index (χ1n) is 5.11. The lowest BCUT2D eigenvalue weighted by molar-refractivity contribution is -0.0144. The fourth-order valence-corrected chi connectivity index (χ4v) is 1.01. The highest BCUT2D eigenvalue weighted by atomic mass is 16.5. The fraction of sp³-hybridized carbons (Fsp3) is 1.00. The van der Waals surface area contributed by atoms with Gasteiger partial charge in [0.05, 0.1) is 5.60 Å². The van der Waals surface area contributed by atoms with E-state index in [1.807, 2.05) is 13.8 Å². The van der Waals surface area contributed by atoms with Crippen molar-refractivity contribution < 1.29 is 4.74 Å². The molecule has 0 aromatic carbocycles. The summed E-state index contributed by atoms with van der Waals surface area (Å²) in [5.41, 5.74) is 5.81. The second-order valence-electron chi connectivity index (χ2n) is 5.48. The van der Waals surface area contributed by atoms with Crippen LogP contribution in [0.15, 0.2) is 0 Å². The summed E-state index contributed by atoms with van der Waals surface area (Å²) in [4.78, 5) is 0. The quantitative estimate of drug-likeness (QED) is 0.671. The summed E-state index contributed by atoms with van der Waals surface area (Å²) in [5, 5.41) is 0. The van der Waals surface area contributed by atoms with Gasteiger partial charge in [0.1, 0.15) is 0 Å². The molecule has 0 saturated heterocycles. The van der Waals surface area contributed by atoms with Crippen molar-refractivity contribution in [1.29, 1.82) is 0 Å². The second kappa shape index (κ2) is 4.97. The van der Waals surface area contributed by atoms with E-state index in [0.29, 0.717) is 12.0 Å². The van der Waals surface area contributed by atoms with Crippen LogP contribution in [0.4, 0.5) is 0 Å². The zero-order valence-corrected chi connectivity index (χ0v) is 9.81. The van der Waals surface area contributed by atoms with E-state index in [1.165, 1.54) is 6.42 Å². The van der Waals surface area contributed by atoms with E-state index >= 15 is 0 Å². The minimum absolute atomic E-state index is 0.155. The van der Waals surface area contributed by atoms with Gasteiger partial charge in [0.15, 0.2) is 0 Å². The standard InChI is InChI=1S/C11H25NO/c1-10(2,3)7-6-8-13-11(4,5)9-12/h6-9,12H2,1-5H3. The molecule has 0 saturated carbocycles. The Balaban J connectivity index is 3.47. The Morgan fingerprint density at radius 2 is 1.62 bits per heavy atom. The molecule has 0 radical (unpaired) electrons. The number of hydrogen-bond acceptors (Lipinski definition) is 2. The molecule has 0 aliphatic heterocycles. The topological polar surface area (TPSA) is 35.2 Å². The molecule has 0 aliphatic rings. The van der Waals surface area contributed by atoms with Gasteiger partial charge in [-0.25, -0.2) is 0 Å². The molecular formula is C11H25NO. The van der Waals surface area contributed by atoms with Crippen LogP contribution in [0.25, 0.3) is 0 Å². The lowest BCUT2D eigenvalue weighted by Crippen LogP contribution is -2.34. The first-order valence-corrected chi connectivity index (χ1v) is 5.11. The highest BCUT2D eigenvalue weighted by molar-refractivity contribution is 4.69. The molecule has 0 fully saturated rings. The Morgan fingerprint density at radius 1 is 1.08 bits per heavy atom. The summed E-state index contributed by atoms with van der Waals surface area (Å²) in [7, 11) is 0. The van der Waals surface area contributed by atoms with E-state index in [1.54, 1.807) is 0 Å². The van der Waals surface area contributed by atoms with Gasteiger partial charge in [-0.2, -0.15) is 0 Å². The minimum Gasteiger partial charge on any atom is -0.374 e. The Bertz CT molecular complexity index is 136. The molecular weight excluding hydrogens is 162 g/mol. The average molecular weight is 187 g/mol. The van der Waals surface area contributed by atoms with Crippen LogP contribution in [0.2, 0.25) is 0 Å². The monoisotopic (exact) mass is 187 g/mol. The zero-order chi connectivity index (χ0) is 10.5. The third kappa shape index (κ3) is 8.26. The molecule has 0 spiro atoms. The van der Waals surface area contributed by atoms with E-state index in [9.17, 15) is 0 Å². The van der Waals surface area contributed by atoms with Gasteiger partial charge in [-0.15, -0.1) is 0 Å². The normalized spacial score (nSPS) is 13.4. The third-order valence-electron chi connectivity index (χ3n) is 2.06.